The number of hydrogen-bond acceptors (Lipinski definition) is 2. The van der Waals surface area contributed by atoms with E-state index in [0.717, 1.165) is 15.0 Å². The SMILES string of the molecule is CN1C2=C(N=C3C(F)=CC=CC32)C(I)=C2C=CC=CC21. The Morgan fingerprint density at radius 1 is 1.25 bits per heavy atom. The zero-order valence-electron chi connectivity index (χ0n) is 10.8. The molecule has 0 saturated heterocycles. The van der Waals surface area contributed by atoms with E-state index in [1.807, 2.05) is 12.2 Å². The summed E-state index contributed by atoms with van der Waals surface area (Å²) in [7, 11) is 2.06. The number of likely N-dealkylation sites (N-methyl/N-ethyl adjacent to an activating group) is 1. The van der Waals surface area contributed by atoms with E-state index in [0.29, 0.717) is 5.71 Å². The summed E-state index contributed by atoms with van der Waals surface area (Å²) in [5, 5.41) is 0. The maximum Gasteiger partial charge on any atom is 0.145 e. The van der Waals surface area contributed by atoms with Gasteiger partial charge in [0.2, 0.25) is 0 Å². The summed E-state index contributed by atoms with van der Waals surface area (Å²) >= 11 is 2.34. The lowest BCUT2D eigenvalue weighted by atomic mass is 9.89. The van der Waals surface area contributed by atoms with E-state index in [1.165, 1.54) is 11.6 Å². The van der Waals surface area contributed by atoms with Crippen molar-refractivity contribution in [1.82, 2.24) is 4.90 Å². The van der Waals surface area contributed by atoms with Crippen LogP contribution in [0.15, 0.2) is 73.9 Å². The molecule has 20 heavy (non-hydrogen) atoms. The molecule has 0 aromatic rings. The molecule has 4 heteroatoms. The van der Waals surface area contributed by atoms with Crippen LogP contribution in [-0.4, -0.2) is 23.7 Å². The van der Waals surface area contributed by atoms with Crippen LogP contribution in [0.3, 0.4) is 0 Å². The van der Waals surface area contributed by atoms with Crippen molar-refractivity contribution in [3.8, 4) is 0 Å². The van der Waals surface area contributed by atoms with Gasteiger partial charge in [-0.2, -0.15) is 0 Å². The van der Waals surface area contributed by atoms with Crippen LogP contribution in [0, 0.1) is 5.92 Å². The molecule has 0 radical (unpaired) electrons. The molecule has 2 heterocycles. The van der Waals surface area contributed by atoms with Gasteiger partial charge in [-0.3, -0.25) is 0 Å². The standard InChI is InChI=1S/C16H12FIN2/c1-20-12-8-3-2-5-9(12)13(18)15-16(20)10-6-4-7-11(17)14(10)19-15/h2-8,10,12H,1H3. The van der Waals surface area contributed by atoms with Crippen molar-refractivity contribution in [2.24, 2.45) is 10.9 Å². The summed E-state index contributed by atoms with van der Waals surface area (Å²) in [4.78, 5) is 6.79. The summed E-state index contributed by atoms with van der Waals surface area (Å²) in [6.07, 6.45) is 13.7. The lowest BCUT2D eigenvalue weighted by Gasteiger charge is -2.37. The molecule has 0 aromatic heterocycles. The van der Waals surface area contributed by atoms with Crippen LogP contribution in [0.25, 0.3) is 0 Å². The Hall–Kier alpha value is -1.43. The molecule has 0 aromatic carbocycles. The summed E-state index contributed by atoms with van der Waals surface area (Å²) in [6.45, 7) is 0. The quantitative estimate of drug-likeness (QED) is 0.586. The van der Waals surface area contributed by atoms with Gasteiger partial charge in [0, 0.05) is 10.6 Å². The first-order valence-corrected chi connectivity index (χ1v) is 7.61. The fourth-order valence-corrected chi connectivity index (χ4v) is 4.05. The number of hydrogen-bond donors (Lipinski definition) is 0. The van der Waals surface area contributed by atoms with Gasteiger partial charge in [-0.15, -0.1) is 0 Å². The van der Waals surface area contributed by atoms with Crippen molar-refractivity contribution in [3.63, 3.8) is 0 Å². The second kappa shape index (κ2) is 4.28. The maximum atomic E-state index is 14.0. The van der Waals surface area contributed by atoms with Gasteiger partial charge in [0.15, 0.2) is 0 Å². The van der Waals surface area contributed by atoms with Gasteiger partial charge in [-0.25, -0.2) is 9.38 Å². The monoisotopic (exact) mass is 378 g/mol. The van der Waals surface area contributed by atoms with Gasteiger partial charge in [0.05, 0.1) is 29.1 Å². The first-order valence-electron chi connectivity index (χ1n) is 6.53. The fraction of sp³-hybridized carbons (Fsp3) is 0.188. The van der Waals surface area contributed by atoms with Gasteiger partial charge in [-0.1, -0.05) is 36.5 Å². The van der Waals surface area contributed by atoms with E-state index >= 15 is 0 Å². The minimum absolute atomic E-state index is 0.0503. The number of fused-ring (bicyclic) bond motifs is 3. The summed E-state index contributed by atoms with van der Waals surface area (Å²) in [6, 6.07) is 0.225. The first-order chi connectivity index (χ1) is 9.68. The Morgan fingerprint density at radius 2 is 2.10 bits per heavy atom. The average Bonchev–Trinajstić information content (AvgIpc) is 2.86. The van der Waals surface area contributed by atoms with Gasteiger partial charge < -0.3 is 4.90 Å². The summed E-state index contributed by atoms with van der Waals surface area (Å²) in [5.74, 6) is -0.269. The van der Waals surface area contributed by atoms with Crippen LogP contribution in [0.4, 0.5) is 4.39 Å². The van der Waals surface area contributed by atoms with Crippen LogP contribution >= 0.6 is 22.6 Å². The lowest BCUT2D eigenvalue weighted by molar-refractivity contribution is 0.364. The zero-order chi connectivity index (χ0) is 13.9. The minimum Gasteiger partial charge on any atom is -0.365 e. The Bertz CT molecular complexity index is 719. The summed E-state index contributed by atoms with van der Waals surface area (Å²) in [5.41, 5.74) is 3.82. The molecule has 0 spiro atoms. The van der Waals surface area contributed by atoms with Gasteiger partial charge in [-0.05, 0) is 34.2 Å². The molecular weight excluding hydrogens is 366 g/mol. The number of allylic oxidation sites excluding steroid dienone is 7. The first kappa shape index (κ1) is 12.3. The van der Waals surface area contributed by atoms with Crippen molar-refractivity contribution in [3.05, 3.63) is 68.9 Å². The molecule has 4 aliphatic rings. The molecule has 2 unspecified atom stereocenters. The molecule has 100 valence electrons. The zero-order valence-corrected chi connectivity index (χ0v) is 13.0. The van der Waals surface area contributed by atoms with E-state index in [9.17, 15) is 4.39 Å². The predicted molar refractivity (Wildman–Crippen MR) is 87.2 cm³/mol. The third-order valence-electron chi connectivity index (χ3n) is 4.11. The predicted octanol–water partition coefficient (Wildman–Crippen LogP) is 3.82. The normalized spacial score (nSPS) is 30.2. The second-order valence-corrected chi connectivity index (χ2v) is 6.26. The van der Waals surface area contributed by atoms with Crippen LogP contribution in [0.5, 0.6) is 0 Å². The van der Waals surface area contributed by atoms with Gasteiger partial charge >= 0.3 is 0 Å². The smallest absolute Gasteiger partial charge is 0.145 e. The maximum absolute atomic E-state index is 14.0. The molecule has 0 fully saturated rings. The van der Waals surface area contributed by atoms with Crippen molar-refractivity contribution < 1.29 is 4.39 Å². The van der Waals surface area contributed by atoms with E-state index in [-0.39, 0.29) is 17.8 Å². The molecule has 2 atom stereocenters. The highest BCUT2D eigenvalue weighted by molar-refractivity contribution is 14.1. The lowest BCUT2D eigenvalue weighted by Crippen LogP contribution is -2.37. The average molecular weight is 378 g/mol. The summed E-state index contributed by atoms with van der Waals surface area (Å²) < 4.78 is 15.1. The van der Waals surface area contributed by atoms with E-state index < -0.39 is 0 Å². The molecule has 0 saturated carbocycles. The minimum atomic E-state index is -0.219. The highest BCUT2D eigenvalue weighted by Crippen LogP contribution is 2.46. The highest BCUT2D eigenvalue weighted by Gasteiger charge is 2.40. The molecule has 2 aliphatic carbocycles. The Labute approximate surface area is 130 Å². The van der Waals surface area contributed by atoms with Crippen LogP contribution < -0.4 is 0 Å². The Balaban J connectivity index is 1.91. The fourth-order valence-electron chi connectivity index (χ4n) is 3.15. The van der Waals surface area contributed by atoms with E-state index in [2.05, 4.69) is 57.8 Å². The molecule has 4 rings (SSSR count). The van der Waals surface area contributed by atoms with Gasteiger partial charge in [0.1, 0.15) is 5.83 Å². The second-order valence-electron chi connectivity index (χ2n) is 5.18. The molecule has 2 nitrogen and oxygen atoms in total. The third kappa shape index (κ3) is 1.51. The number of aliphatic imine (C=N–C) groups is 1. The van der Waals surface area contributed by atoms with Crippen molar-refractivity contribution in [2.45, 2.75) is 6.04 Å². The molecule has 0 N–H and O–H groups in total. The molecule has 0 amide bonds. The molecule has 2 aliphatic heterocycles. The number of rotatable bonds is 0. The van der Waals surface area contributed by atoms with Crippen molar-refractivity contribution >= 4 is 28.3 Å². The van der Waals surface area contributed by atoms with Crippen LogP contribution in [0.1, 0.15) is 0 Å². The van der Waals surface area contributed by atoms with Gasteiger partial charge in [0.25, 0.3) is 0 Å². The van der Waals surface area contributed by atoms with E-state index in [1.54, 1.807) is 6.08 Å². The molecule has 0 bridgehead atoms. The van der Waals surface area contributed by atoms with E-state index in [4.69, 9.17) is 0 Å². The third-order valence-corrected chi connectivity index (χ3v) is 5.25. The highest BCUT2D eigenvalue weighted by atomic mass is 127. The largest absolute Gasteiger partial charge is 0.365 e. The Morgan fingerprint density at radius 3 is 2.95 bits per heavy atom. The van der Waals surface area contributed by atoms with Crippen molar-refractivity contribution in [1.29, 1.82) is 0 Å². The number of halogens is 2. The van der Waals surface area contributed by atoms with Crippen molar-refractivity contribution in [2.75, 3.05) is 7.05 Å². The molecular formula is C16H12FIN2. The number of nitrogens with zero attached hydrogens (tertiary/aromatic N) is 2. The van der Waals surface area contributed by atoms with Crippen LogP contribution in [0.2, 0.25) is 0 Å². The Kier molecular flexibility index (Phi) is 2.64. The topological polar surface area (TPSA) is 15.6 Å². The van der Waals surface area contributed by atoms with Crippen LogP contribution in [-0.2, 0) is 0 Å².